The molecule has 1 heterocycles. The van der Waals surface area contributed by atoms with E-state index < -0.39 is 6.04 Å². The number of fused-ring (bicyclic) bond motifs is 1. The van der Waals surface area contributed by atoms with Crippen molar-refractivity contribution in [2.75, 3.05) is 11.9 Å². The molecule has 0 fully saturated rings. The molecule has 0 radical (unpaired) electrons. The Bertz CT molecular complexity index is 1280. The normalized spacial score (nSPS) is 13.7. The number of aryl methyl sites for hydroxylation is 2. The molecule has 6 heteroatoms. The lowest BCUT2D eigenvalue weighted by Gasteiger charge is -2.20. The molecule has 3 aromatic rings. The van der Waals surface area contributed by atoms with Crippen LogP contribution in [0.1, 0.15) is 39.0 Å². The van der Waals surface area contributed by atoms with Gasteiger partial charge < -0.3 is 10.6 Å². The molecule has 35 heavy (non-hydrogen) atoms. The maximum Gasteiger partial charge on any atom is 0.251 e. The molecule has 1 unspecified atom stereocenters. The fraction of sp³-hybridized carbons (Fsp3) is 0.207. The Labute approximate surface area is 210 Å². The lowest BCUT2D eigenvalue weighted by molar-refractivity contribution is -0.113. The van der Waals surface area contributed by atoms with Crippen molar-refractivity contribution in [2.24, 2.45) is 0 Å². The van der Waals surface area contributed by atoms with Crippen LogP contribution in [0.3, 0.4) is 0 Å². The van der Waals surface area contributed by atoms with Gasteiger partial charge >= 0.3 is 0 Å². The highest BCUT2D eigenvalue weighted by Gasteiger charge is 2.26. The minimum Gasteiger partial charge on any atom is -0.377 e. The van der Waals surface area contributed by atoms with Gasteiger partial charge in [0, 0.05) is 29.0 Å². The van der Waals surface area contributed by atoms with Gasteiger partial charge in [0.15, 0.2) is 5.78 Å². The maximum atomic E-state index is 13.4. The number of ketones is 1. The number of nitrogens with one attached hydrogen (secondary N) is 2. The SMILES string of the molecule is Cc1ccc(C(=O)NC(CC2=CC(=O)CNc3ccccc32)C(=O)SCc2cccc(C)c2)cc1. The molecule has 1 aliphatic heterocycles. The number of thioether (sulfide) groups is 1. The Hall–Kier alpha value is -3.64. The number of hydrogen-bond acceptors (Lipinski definition) is 5. The van der Waals surface area contributed by atoms with Gasteiger partial charge in [-0.05, 0) is 49.3 Å². The average Bonchev–Trinajstić information content (AvgIpc) is 3.01. The smallest absolute Gasteiger partial charge is 0.251 e. The Morgan fingerprint density at radius 1 is 0.971 bits per heavy atom. The summed E-state index contributed by atoms with van der Waals surface area (Å²) in [5.41, 5.74) is 6.15. The van der Waals surface area contributed by atoms with Gasteiger partial charge in [-0.1, -0.05) is 77.5 Å². The van der Waals surface area contributed by atoms with Crippen LogP contribution < -0.4 is 10.6 Å². The van der Waals surface area contributed by atoms with Crippen molar-refractivity contribution in [2.45, 2.75) is 32.1 Å². The summed E-state index contributed by atoms with van der Waals surface area (Å²) in [6, 6.07) is 22.1. The largest absolute Gasteiger partial charge is 0.377 e. The summed E-state index contributed by atoms with van der Waals surface area (Å²) in [5.74, 6) is 0.124. The summed E-state index contributed by atoms with van der Waals surface area (Å²) in [6.45, 7) is 4.16. The molecule has 0 spiro atoms. The van der Waals surface area contributed by atoms with E-state index in [0.29, 0.717) is 11.3 Å². The van der Waals surface area contributed by atoms with E-state index in [1.54, 1.807) is 18.2 Å². The average molecular weight is 485 g/mol. The van der Waals surface area contributed by atoms with E-state index >= 15 is 0 Å². The predicted octanol–water partition coefficient (Wildman–Crippen LogP) is 5.33. The third-order valence-corrected chi connectivity index (χ3v) is 6.90. The molecule has 1 aliphatic rings. The standard InChI is InChI=1S/C29H28N2O3S/c1-19-10-12-22(13-11-19)28(33)31-27(29(34)35-18-21-7-5-6-20(2)14-21)16-23-15-24(32)17-30-26-9-4-3-8-25(23)26/h3-15,27,30H,16-18H2,1-2H3,(H,31,33). The van der Waals surface area contributed by atoms with E-state index in [1.807, 2.05) is 68.4 Å². The minimum absolute atomic E-state index is 0.0697. The summed E-state index contributed by atoms with van der Waals surface area (Å²) in [7, 11) is 0. The molecule has 0 aliphatic carbocycles. The highest BCUT2D eigenvalue weighted by molar-refractivity contribution is 8.13. The van der Waals surface area contributed by atoms with Gasteiger partial charge in [0.25, 0.3) is 5.91 Å². The summed E-state index contributed by atoms with van der Waals surface area (Å²) < 4.78 is 0. The zero-order chi connectivity index (χ0) is 24.8. The Balaban J connectivity index is 1.59. The highest BCUT2D eigenvalue weighted by atomic mass is 32.2. The monoisotopic (exact) mass is 484 g/mol. The molecular weight excluding hydrogens is 456 g/mol. The second kappa shape index (κ2) is 11.2. The van der Waals surface area contributed by atoms with Crippen LogP contribution in [-0.4, -0.2) is 29.4 Å². The third kappa shape index (κ3) is 6.49. The van der Waals surface area contributed by atoms with Gasteiger partial charge in [0.1, 0.15) is 6.04 Å². The second-order valence-electron chi connectivity index (χ2n) is 8.73. The molecule has 1 atom stereocenters. The molecule has 1 amide bonds. The van der Waals surface area contributed by atoms with Gasteiger partial charge in [-0.3, -0.25) is 14.4 Å². The molecule has 4 rings (SSSR count). The fourth-order valence-electron chi connectivity index (χ4n) is 4.01. The molecule has 5 nitrogen and oxygen atoms in total. The first-order valence-electron chi connectivity index (χ1n) is 11.6. The topological polar surface area (TPSA) is 75.3 Å². The summed E-state index contributed by atoms with van der Waals surface area (Å²) in [5, 5.41) is 5.94. The second-order valence-corrected chi connectivity index (χ2v) is 9.71. The van der Waals surface area contributed by atoms with Gasteiger partial charge in [0.05, 0.1) is 6.54 Å². The molecule has 0 bridgehead atoms. The Morgan fingerprint density at radius 2 is 1.74 bits per heavy atom. The maximum absolute atomic E-state index is 13.4. The number of benzene rings is 3. The van der Waals surface area contributed by atoms with Crippen LogP contribution in [-0.2, 0) is 15.3 Å². The van der Waals surface area contributed by atoms with E-state index in [-0.39, 0.29) is 29.8 Å². The van der Waals surface area contributed by atoms with E-state index in [2.05, 4.69) is 16.7 Å². The van der Waals surface area contributed by atoms with Crippen molar-refractivity contribution in [3.8, 4) is 0 Å². The zero-order valence-electron chi connectivity index (χ0n) is 19.8. The number of para-hydroxylation sites is 1. The number of carbonyl (C=O) groups excluding carboxylic acids is 3. The molecule has 0 aromatic heterocycles. The van der Waals surface area contributed by atoms with Crippen LogP contribution in [0.2, 0.25) is 0 Å². The molecule has 0 saturated heterocycles. The van der Waals surface area contributed by atoms with Gasteiger partial charge in [-0.2, -0.15) is 0 Å². The minimum atomic E-state index is -0.788. The van der Waals surface area contributed by atoms with Crippen LogP contribution >= 0.6 is 11.8 Å². The van der Waals surface area contributed by atoms with Crippen LogP contribution in [0.5, 0.6) is 0 Å². The number of carbonyl (C=O) groups is 3. The Kier molecular flexibility index (Phi) is 7.83. The first-order valence-corrected chi connectivity index (χ1v) is 12.5. The van der Waals surface area contributed by atoms with Crippen molar-refractivity contribution < 1.29 is 14.4 Å². The number of anilines is 1. The van der Waals surface area contributed by atoms with Crippen LogP contribution in [0.25, 0.3) is 5.57 Å². The number of rotatable bonds is 7. The third-order valence-electron chi connectivity index (χ3n) is 5.85. The van der Waals surface area contributed by atoms with Gasteiger partial charge in [0.2, 0.25) is 5.12 Å². The predicted molar refractivity (Wildman–Crippen MR) is 142 cm³/mol. The fourth-order valence-corrected chi connectivity index (χ4v) is 4.84. The van der Waals surface area contributed by atoms with Crippen molar-refractivity contribution in [3.05, 3.63) is 107 Å². The number of hydrogen-bond donors (Lipinski definition) is 2. The molecule has 178 valence electrons. The van der Waals surface area contributed by atoms with Crippen molar-refractivity contribution >= 4 is 39.8 Å². The lowest BCUT2D eigenvalue weighted by Crippen LogP contribution is -2.40. The van der Waals surface area contributed by atoms with Crippen molar-refractivity contribution in [3.63, 3.8) is 0 Å². The zero-order valence-corrected chi connectivity index (χ0v) is 20.7. The molecule has 3 aromatic carbocycles. The number of amides is 1. The summed E-state index contributed by atoms with van der Waals surface area (Å²) in [6.07, 6.45) is 1.81. The highest BCUT2D eigenvalue weighted by Crippen LogP contribution is 2.31. The summed E-state index contributed by atoms with van der Waals surface area (Å²) in [4.78, 5) is 38.8. The lowest BCUT2D eigenvalue weighted by atomic mass is 9.96. The molecule has 2 N–H and O–H groups in total. The van der Waals surface area contributed by atoms with E-state index in [1.165, 1.54) is 11.8 Å². The van der Waals surface area contributed by atoms with Crippen LogP contribution in [0, 0.1) is 13.8 Å². The first kappa shape index (κ1) is 24.5. The van der Waals surface area contributed by atoms with Crippen molar-refractivity contribution in [1.29, 1.82) is 0 Å². The van der Waals surface area contributed by atoms with E-state index in [0.717, 1.165) is 33.5 Å². The first-order chi connectivity index (χ1) is 16.9. The van der Waals surface area contributed by atoms with Crippen LogP contribution in [0.4, 0.5) is 5.69 Å². The molecule has 0 saturated carbocycles. The molecular formula is C29H28N2O3S. The Morgan fingerprint density at radius 3 is 2.51 bits per heavy atom. The van der Waals surface area contributed by atoms with E-state index in [9.17, 15) is 14.4 Å². The van der Waals surface area contributed by atoms with E-state index in [4.69, 9.17) is 0 Å². The van der Waals surface area contributed by atoms with Crippen molar-refractivity contribution in [1.82, 2.24) is 5.32 Å². The van der Waals surface area contributed by atoms with Gasteiger partial charge in [-0.25, -0.2) is 0 Å². The van der Waals surface area contributed by atoms with Crippen LogP contribution in [0.15, 0.2) is 78.9 Å². The van der Waals surface area contributed by atoms with Gasteiger partial charge in [-0.15, -0.1) is 0 Å². The quantitative estimate of drug-likeness (QED) is 0.474. The summed E-state index contributed by atoms with van der Waals surface area (Å²) >= 11 is 1.18.